The highest BCUT2D eigenvalue weighted by molar-refractivity contribution is 9.10. The highest BCUT2D eigenvalue weighted by Gasteiger charge is 2.32. The van der Waals surface area contributed by atoms with Gasteiger partial charge in [0.2, 0.25) is 10.0 Å². The van der Waals surface area contributed by atoms with Crippen LogP contribution in [0, 0.1) is 12.8 Å². The van der Waals surface area contributed by atoms with Crippen molar-refractivity contribution in [3.05, 3.63) is 27.7 Å². The van der Waals surface area contributed by atoms with Gasteiger partial charge in [0.25, 0.3) is 0 Å². The van der Waals surface area contributed by atoms with Gasteiger partial charge in [-0.05, 0) is 43.5 Å². The fourth-order valence-corrected chi connectivity index (χ4v) is 4.58. The maximum absolute atomic E-state index is 12.6. The third-order valence-electron chi connectivity index (χ3n) is 3.77. The minimum atomic E-state index is -3.69. The molecule has 0 aromatic heterocycles. The molecule has 116 valence electrons. The van der Waals surface area contributed by atoms with E-state index in [-0.39, 0.29) is 16.4 Å². The van der Waals surface area contributed by atoms with Crippen LogP contribution >= 0.6 is 15.9 Å². The smallest absolute Gasteiger partial charge is 0.336 e. The van der Waals surface area contributed by atoms with E-state index in [1.165, 1.54) is 16.4 Å². The normalized spacial score (nSPS) is 19.9. The molecule has 1 fully saturated rings. The molecule has 1 heterocycles. The molecule has 3 N–H and O–H groups in total. The molecular formula is C13H17BrN2O4S. The summed E-state index contributed by atoms with van der Waals surface area (Å²) in [6.45, 7) is 2.87. The highest BCUT2D eigenvalue weighted by Crippen LogP contribution is 2.29. The molecule has 0 aliphatic carbocycles. The van der Waals surface area contributed by atoms with E-state index in [4.69, 9.17) is 5.73 Å². The number of nitrogens with zero attached hydrogens (tertiary/aromatic N) is 1. The molecule has 0 spiro atoms. The Balaban J connectivity index is 2.44. The molecular weight excluding hydrogens is 360 g/mol. The number of rotatable bonds is 4. The first-order valence-corrected chi connectivity index (χ1v) is 8.74. The molecule has 0 radical (unpaired) electrons. The first kappa shape index (κ1) is 16.4. The van der Waals surface area contributed by atoms with Crippen LogP contribution in [0.15, 0.2) is 21.5 Å². The summed E-state index contributed by atoms with van der Waals surface area (Å²) in [6, 6.07) is 2.67. The van der Waals surface area contributed by atoms with Crippen molar-refractivity contribution >= 4 is 31.9 Å². The SMILES string of the molecule is Cc1c(Br)cc(S(=O)(=O)N2CCC(CN)C2)cc1C(=O)O. The molecule has 1 aliphatic heterocycles. The van der Waals surface area contributed by atoms with E-state index < -0.39 is 16.0 Å². The lowest BCUT2D eigenvalue weighted by molar-refractivity contribution is 0.0695. The molecule has 1 saturated heterocycles. The van der Waals surface area contributed by atoms with Crippen molar-refractivity contribution in [3.8, 4) is 0 Å². The molecule has 0 amide bonds. The second-order valence-corrected chi connectivity index (χ2v) is 7.93. The van der Waals surface area contributed by atoms with Crippen molar-refractivity contribution in [2.24, 2.45) is 11.7 Å². The molecule has 1 aromatic rings. The maximum Gasteiger partial charge on any atom is 0.336 e. The Morgan fingerprint density at radius 2 is 2.19 bits per heavy atom. The van der Waals surface area contributed by atoms with Crippen molar-refractivity contribution in [2.75, 3.05) is 19.6 Å². The second kappa shape index (κ2) is 6.04. The lowest BCUT2D eigenvalue weighted by atomic mass is 10.1. The Bertz CT molecular complexity index is 675. The number of hydrogen-bond acceptors (Lipinski definition) is 4. The number of benzene rings is 1. The van der Waals surface area contributed by atoms with Gasteiger partial charge in [-0.15, -0.1) is 0 Å². The van der Waals surface area contributed by atoms with Crippen molar-refractivity contribution in [1.29, 1.82) is 0 Å². The zero-order valence-corrected chi connectivity index (χ0v) is 13.9. The van der Waals surface area contributed by atoms with Gasteiger partial charge in [-0.1, -0.05) is 15.9 Å². The Morgan fingerprint density at radius 1 is 1.52 bits per heavy atom. The Labute approximate surface area is 132 Å². The van der Waals surface area contributed by atoms with Gasteiger partial charge >= 0.3 is 5.97 Å². The van der Waals surface area contributed by atoms with Crippen LogP contribution in [0.25, 0.3) is 0 Å². The molecule has 1 atom stereocenters. The van der Waals surface area contributed by atoms with Crippen LogP contribution in [0.5, 0.6) is 0 Å². The first-order chi connectivity index (χ1) is 9.77. The van der Waals surface area contributed by atoms with Crippen molar-refractivity contribution < 1.29 is 18.3 Å². The fraction of sp³-hybridized carbons (Fsp3) is 0.462. The van der Waals surface area contributed by atoms with E-state index in [1.807, 2.05) is 0 Å². The van der Waals surface area contributed by atoms with E-state index >= 15 is 0 Å². The zero-order valence-electron chi connectivity index (χ0n) is 11.5. The minimum Gasteiger partial charge on any atom is -0.478 e. The number of carboxylic acids is 1. The summed E-state index contributed by atoms with van der Waals surface area (Å²) in [5, 5.41) is 9.18. The number of sulfonamides is 1. The van der Waals surface area contributed by atoms with Crippen LogP contribution < -0.4 is 5.73 Å². The minimum absolute atomic E-state index is 0.00459. The van der Waals surface area contributed by atoms with Gasteiger partial charge in [0.15, 0.2) is 0 Å². The number of carboxylic acid groups (broad SMARTS) is 1. The fourth-order valence-electron chi connectivity index (χ4n) is 2.38. The molecule has 1 aliphatic rings. The Hall–Kier alpha value is -0.960. The van der Waals surface area contributed by atoms with E-state index in [1.54, 1.807) is 6.92 Å². The van der Waals surface area contributed by atoms with Crippen LogP contribution in [0.4, 0.5) is 0 Å². The van der Waals surface area contributed by atoms with Gasteiger partial charge < -0.3 is 10.8 Å². The largest absolute Gasteiger partial charge is 0.478 e. The van der Waals surface area contributed by atoms with Crippen molar-refractivity contribution in [1.82, 2.24) is 4.31 Å². The summed E-state index contributed by atoms with van der Waals surface area (Å²) < 4.78 is 27.0. The van der Waals surface area contributed by atoms with Gasteiger partial charge in [-0.3, -0.25) is 0 Å². The number of halogens is 1. The summed E-state index contributed by atoms with van der Waals surface area (Å²) in [5.74, 6) is -0.987. The van der Waals surface area contributed by atoms with Crippen LogP contribution in [0.1, 0.15) is 22.3 Å². The molecule has 1 aromatic carbocycles. The summed E-state index contributed by atoms with van der Waals surface area (Å²) in [4.78, 5) is 11.2. The lowest BCUT2D eigenvalue weighted by Gasteiger charge is -2.17. The van der Waals surface area contributed by atoms with E-state index in [2.05, 4.69) is 15.9 Å². The van der Waals surface area contributed by atoms with Gasteiger partial charge in [0.1, 0.15) is 0 Å². The molecule has 6 nitrogen and oxygen atoms in total. The number of nitrogens with two attached hydrogens (primary N) is 1. The van der Waals surface area contributed by atoms with Crippen molar-refractivity contribution in [2.45, 2.75) is 18.2 Å². The number of aromatic carboxylic acids is 1. The molecule has 2 rings (SSSR count). The lowest BCUT2D eigenvalue weighted by Crippen LogP contribution is -2.30. The average Bonchev–Trinajstić information content (AvgIpc) is 2.90. The number of carbonyl (C=O) groups is 1. The quantitative estimate of drug-likeness (QED) is 0.827. The monoisotopic (exact) mass is 376 g/mol. The molecule has 8 heteroatoms. The second-order valence-electron chi connectivity index (χ2n) is 5.14. The zero-order chi connectivity index (χ0) is 15.8. The standard InChI is InChI=1S/C13H17BrN2O4S/c1-8-11(13(17)18)4-10(5-12(8)14)21(19,20)16-3-2-9(6-15)7-16/h4-5,9H,2-3,6-7,15H2,1H3,(H,17,18). The topological polar surface area (TPSA) is 101 Å². The molecule has 0 saturated carbocycles. The number of hydrogen-bond donors (Lipinski definition) is 2. The molecule has 21 heavy (non-hydrogen) atoms. The predicted molar refractivity (Wildman–Crippen MR) is 81.8 cm³/mol. The maximum atomic E-state index is 12.6. The Kier molecular flexibility index (Phi) is 4.72. The van der Waals surface area contributed by atoms with Gasteiger partial charge in [0.05, 0.1) is 10.5 Å². The third kappa shape index (κ3) is 3.13. The summed E-state index contributed by atoms with van der Waals surface area (Å²) in [6.07, 6.45) is 0.731. The predicted octanol–water partition coefficient (Wildman–Crippen LogP) is 1.43. The third-order valence-corrected chi connectivity index (χ3v) is 6.43. The summed E-state index contributed by atoms with van der Waals surface area (Å²) in [7, 11) is -3.69. The van der Waals surface area contributed by atoms with Gasteiger partial charge in [-0.25, -0.2) is 13.2 Å². The highest BCUT2D eigenvalue weighted by atomic mass is 79.9. The van der Waals surface area contributed by atoms with Gasteiger partial charge in [-0.2, -0.15) is 4.31 Å². The first-order valence-electron chi connectivity index (χ1n) is 6.51. The van der Waals surface area contributed by atoms with Crippen LogP contribution in [-0.4, -0.2) is 43.4 Å². The van der Waals surface area contributed by atoms with Crippen LogP contribution in [0.3, 0.4) is 0 Å². The van der Waals surface area contributed by atoms with Gasteiger partial charge in [0, 0.05) is 17.6 Å². The average molecular weight is 377 g/mol. The van der Waals surface area contributed by atoms with E-state index in [0.29, 0.717) is 29.7 Å². The Morgan fingerprint density at radius 3 is 2.71 bits per heavy atom. The van der Waals surface area contributed by atoms with E-state index in [9.17, 15) is 18.3 Å². The summed E-state index contributed by atoms with van der Waals surface area (Å²) in [5.41, 5.74) is 6.07. The van der Waals surface area contributed by atoms with E-state index in [0.717, 1.165) is 6.42 Å². The van der Waals surface area contributed by atoms with Crippen molar-refractivity contribution in [3.63, 3.8) is 0 Å². The van der Waals surface area contributed by atoms with Crippen LogP contribution in [-0.2, 0) is 10.0 Å². The summed E-state index contributed by atoms with van der Waals surface area (Å²) >= 11 is 3.23. The molecule has 1 unspecified atom stereocenters. The molecule has 0 bridgehead atoms. The van der Waals surface area contributed by atoms with Crippen LogP contribution in [0.2, 0.25) is 0 Å².